The van der Waals surface area contributed by atoms with E-state index < -0.39 is 0 Å². The van der Waals surface area contributed by atoms with Crippen molar-refractivity contribution in [3.8, 4) is 11.4 Å². The molecule has 2 aliphatic heterocycles. The maximum Gasteiger partial charge on any atom is 0.204 e. The molecule has 4 rings (SSSR count). The normalized spacial score (nSPS) is 26.2. The number of H-pyrrole nitrogens is 1. The third-order valence-electron chi connectivity index (χ3n) is 5.75. The number of rotatable bonds is 4. The summed E-state index contributed by atoms with van der Waals surface area (Å²) in [6, 6.07) is 8.34. The molecule has 140 valence electrons. The fourth-order valence-electron chi connectivity index (χ4n) is 4.26. The van der Waals surface area contributed by atoms with Crippen molar-refractivity contribution in [2.75, 3.05) is 13.1 Å². The fraction of sp³-hybridized carbons (Fsp3) is 0.632. The van der Waals surface area contributed by atoms with E-state index in [0.29, 0.717) is 5.82 Å². The van der Waals surface area contributed by atoms with Gasteiger partial charge in [0.2, 0.25) is 5.82 Å². The van der Waals surface area contributed by atoms with Crippen molar-refractivity contribution < 1.29 is 9.84 Å². The highest BCUT2D eigenvalue weighted by atomic mass is 16.5. The molecule has 0 saturated carbocycles. The maximum absolute atomic E-state index is 10.2. The van der Waals surface area contributed by atoms with E-state index in [1.54, 1.807) is 0 Å². The number of aliphatic hydroxyl groups is 1. The smallest absolute Gasteiger partial charge is 0.204 e. The summed E-state index contributed by atoms with van der Waals surface area (Å²) < 4.78 is 6.38. The topological polar surface area (TPSA) is 87.2 Å². The molecular weight excluding hydrogens is 330 g/mol. The van der Waals surface area contributed by atoms with Crippen molar-refractivity contribution in [2.45, 2.75) is 63.4 Å². The lowest BCUT2D eigenvalue weighted by Gasteiger charge is -2.48. The Hall–Kier alpha value is -1.83. The molecule has 7 heteroatoms. The molecule has 3 heterocycles. The summed E-state index contributed by atoms with van der Waals surface area (Å²) >= 11 is 0. The van der Waals surface area contributed by atoms with Gasteiger partial charge in [0, 0.05) is 31.6 Å². The fourth-order valence-corrected chi connectivity index (χ4v) is 4.26. The van der Waals surface area contributed by atoms with E-state index in [2.05, 4.69) is 44.6 Å². The number of aliphatic hydroxyl groups excluding tert-OH is 1. The number of nitrogens with zero attached hydrogens (tertiary/aromatic N) is 4. The minimum atomic E-state index is -0.210. The molecular formula is C19H27N5O2. The van der Waals surface area contributed by atoms with Crippen LogP contribution in [0.15, 0.2) is 24.3 Å². The van der Waals surface area contributed by atoms with E-state index in [0.717, 1.165) is 57.3 Å². The lowest BCUT2D eigenvalue weighted by atomic mass is 9.81. The largest absolute Gasteiger partial charge is 0.393 e. The van der Waals surface area contributed by atoms with E-state index in [-0.39, 0.29) is 17.8 Å². The summed E-state index contributed by atoms with van der Waals surface area (Å²) in [7, 11) is 0. The Morgan fingerprint density at radius 3 is 2.69 bits per heavy atom. The Kier molecular flexibility index (Phi) is 5.02. The van der Waals surface area contributed by atoms with Crippen molar-refractivity contribution in [3.63, 3.8) is 0 Å². The van der Waals surface area contributed by atoms with Gasteiger partial charge in [-0.1, -0.05) is 31.2 Å². The lowest BCUT2D eigenvalue weighted by Crippen LogP contribution is -2.52. The molecule has 0 radical (unpaired) electrons. The maximum atomic E-state index is 10.2. The average molecular weight is 357 g/mol. The Balaban J connectivity index is 1.34. The van der Waals surface area contributed by atoms with Crippen molar-refractivity contribution in [1.29, 1.82) is 0 Å². The number of hydrogen-bond donors (Lipinski definition) is 2. The molecule has 0 amide bonds. The van der Waals surface area contributed by atoms with Gasteiger partial charge in [-0.25, -0.2) is 0 Å². The highest BCUT2D eigenvalue weighted by molar-refractivity contribution is 5.54. The van der Waals surface area contributed by atoms with Gasteiger partial charge in [-0.2, -0.15) is 5.21 Å². The van der Waals surface area contributed by atoms with Crippen LogP contribution < -0.4 is 0 Å². The number of piperidine rings is 1. The number of tetrazole rings is 1. The van der Waals surface area contributed by atoms with Crippen LogP contribution in [-0.2, 0) is 11.3 Å². The first kappa shape index (κ1) is 17.6. The highest BCUT2D eigenvalue weighted by Gasteiger charge is 2.42. The molecule has 1 aromatic heterocycles. The number of ether oxygens (including phenoxy) is 1. The van der Waals surface area contributed by atoms with Crippen LogP contribution in [0.3, 0.4) is 0 Å². The number of likely N-dealkylation sites (tertiary alicyclic amines) is 1. The van der Waals surface area contributed by atoms with E-state index in [1.165, 1.54) is 5.56 Å². The molecule has 0 unspecified atom stereocenters. The Morgan fingerprint density at radius 1 is 1.27 bits per heavy atom. The van der Waals surface area contributed by atoms with Crippen molar-refractivity contribution in [1.82, 2.24) is 25.5 Å². The molecule has 2 atom stereocenters. The van der Waals surface area contributed by atoms with Gasteiger partial charge in [0.1, 0.15) is 0 Å². The highest BCUT2D eigenvalue weighted by Crippen LogP contribution is 2.38. The second kappa shape index (κ2) is 7.42. The first-order valence-electron chi connectivity index (χ1n) is 9.57. The number of benzene rings is 1. The Bertz CT molecular complexity index is 695. The van der Waals surface area contributed by atoms with Crippen LogP contribution in [0.1, 0.15) is 44.6 Å². The van der Waals surface area contributed by atoms with Gasteiger partial charge < -0.3 is 9.84 Å². The third-order valence-corrected chi connectivity index (χ3v) is 5.75. The predicted molar refractivity (Wildman–Crippen MR) is 97.3 cm³/mol. The zero-order valence-corrected chi connectivity index (χ0v) is 15.3. The monoisotopic (exact) mass is 357 g/mol. The quantitative estimate of drug-likeness (QED) is 0.872. The van der Waals surface area contributed by atoms with Gasteiger partial charge in [0.05, 0.1) is 17.8 Å². The van der Waals surface area contributed by atoms with E-state index in [9.17, 15) is 5.11 Å². The summed E-state index contributed by atoms with van der Waals surface area (Å²) in [5.74, 6) is 0.620. The van der Waals surface area contributed by atoms with Gasteiger partial charge in [-0.05, 0) is 36.5 Å². The summed E-state index contributed by atoms with van der Waals surface area (Å²) in [6.07, 6.45) is 4.56. The standard InChI is InChI=1S/C19H27N5O2/c1-2-17-11-16(25)12-19(26-17)7-9-24(10-8-19)13-14-3-5-15(6-4-14)18-20-22-23-21-18/h3-6,16-17,25H,2,7-13H2,1H3,(H,20,21,22,23)/t16-,17+/m1/s1. The van der Waals surface area contributed by atoms with Gasteiger partial charge in [-0.15, -0.1) is 10.2 Å². The lowest BCUT2D eigenvalue weighted by molar-refractivity contribution is -0.182. The van der Waals surface area contributed by atoms with Crippen LogP contribution in [0.5, 0.6) is 0 Å². The van der Waals surface area contributed by atoms with E-state index in [1.807, 2.05) is 12.1 Å². The van der Waals surface area contributed by atoms with Gasteiger partial charge in [0.25, 0.3) is 0 Å². The SMILES string of the molecule is CC[C@H]1C[C@@H](O)CC2(CCN(Cc3ccc(-c4nn[nH]n4)cc3)CC2)O1. The number of nitrogens with one attached hydrogen (secondary N) is 1. The molecule has 2 fully saturated rings. The van der Waals surface area contributed by atoms with Crippen LogP contribution in [-0.4, -0.2) is 61.5 Å². The molecule has 1 spiro atoms. The second-order valence-electron chi connectivity index (χ2n) is 7.63. The molecule has 0 aliphatic carbocycles. The first-order valence-corrected chi connectivity index (χ1v) is 9.57. The summed E-state index contributed by atoms with van der Waals surface area (Å²) in [5, 5.41) is 24.3. The second-order valence-corrected chi connectivity index (χ2v) is 7.63. The molecule has 2 aromatic rings. The number of aromatic amines is 1. The van der Waals surface area contributed by atoms with Gasteiger partial charge in [-0.3, -0.25) is 4.90 Å². The van der Waals surface area contributed by atoms with Crippen molar-refractivity contribution in [3.05, 3.63) is 29.8 Å². The van der Waals surface area contributed by atoms with Crippen LogP contribution in [0.2, 0.25) is 0 Å². The van der Waals surface area contributed by atoms with Crippen molar-refractivity contribution in [2.24, 2.45) is 0 Å². The summed E-state index contributed by atoms with van der Waals surface area (Å²) in [6.45, 7) is 5.09. The zero-order chi connectivity index (χ0) is 18.0. The van der Waals surface area contributed by atoms with Crippen LogP contribution >= 0.6 is 0 Å². The Morgan fingerprint density at radius 2 is 2.04 bits per heavy atom. The average Bonchev–Trinajstić information content (AvgIpc) is 3.19. The first-order chi connectivity index (χ1) is 12.7. The van der Waals surface area contributed by atoms with Crippen LogP contribution in [0.4, 0.5) is 0 Å². The van der Waals surface area contributed by atoms with Crippen LogP contribution in [0, 0.1) is 0 Å². The summed E-state index contributed by atoms with van der Waals surface area (Å²) in [4.78, 5) is 2.47. The summed E-state index contributed by atoms with van der Waals surface area (Å²) in [5.41, 5.74) is 2.14. The molecule has 2 saturated heterocycles. The van der Waals surface area contributed by atoms with E-state index in [4.69, 9.17) is 4.74 Å². The van der Waals surface area contributed by atoms with E-state index >= 15 is 0 Å². The third kappa shape index (κ3) is 3.79. The molecule has 7 nitrogen and oxygen atoms in total. The minimum Gasteiger partial charge on any atom is -0.393 e. The number of aromatic nitrogens is 4. The Labute approximate surface area is 153 Å². The minimum absolute atomic E-state index is 0.114. The van der Waals surface area contributed by atoms with Gasteiger partial charge in [0.15, 0.2) is 0 Å². The number of hydrogen-bond acceptors (Lipinski definition) is 6. The molecule has 0 bridgehead atoms. The molecule has 2 N–H and O–H groups in total. The molecule has 26 heavy (non-hydrogen) atoms. The zero-order valence-electron chi connectivity index (χ0n) is 15.3. The van der Waals surface area contributed by atoms with Crippen molar-refractivity contribution >= 4 is 0 Å². The van der Waals surface area contributed by atoms with Crippen LogP contribution in [0.25, 0.3) is 11.4 Å². The molecule has 2 aliphatic rings. The van der Waals surface area contributed by atoms with Gasteiger partial charge >= 0.3 is 0 Å². The molecule has 1 aromatic carbocycles. The predicted octanol–water partition coefficient (Wildman–Crippen LogP) is 2.15.